The fourth-order valence-corrected chi connectivity index (χ4v) is 2.70. The van der Waals surface area contributed by atoms with Gasteiger partial charge in [-0.1, -0.05) is 35.2 Å². The van der Waals surface area contributed by atoms with Crippen LogP contribution in [0.1, 0.15) is 32.1 Å². The van der Waals surface area contributed by atoms with Crippen molar-refractivity contribution in [2.75, 3.05) is 32.1 Å². The Bertz CT molecular complexity index is 137. The maximum Gasteiger partial charge on any atom is 0.0589 e. The van der Waals surface area contributed by atoms with Gasteiger partial charge in [0.2, 0.25) is 0 Å². The van der Waals surface area contributed by atoms with Crippen LogP contribution in [0.5, 0.6) is 0 Å². The fourth-order valence-electron chi connectivity index (χ4n) is 2.24. The molecular weight excluding hydrogens is 242 g/mol. The molecule has 0 spiro atoms. The lowest BCUT2D eigenvalue weighted by molar-refractivity contribution is 0.108. The lowest BCUT2D eigenvalue weighted by Gasteiger charge is -2.33. The van der Waals surface area contributed by atoms with E-state index in [0.29, 0.717) is 0 Å². The van der Waals surface area contributed by atoms with Gasteiger partial charge >= 0.3 is 0 Å². The molecule has 0 heterocycles. The molecule has 0 radical (unpaired) electrons. The van der Waals surface area contributed by atoms with Crippen molar-refractivity contribution in [1.29, 1.82) is 0 Å². The normalized spacial score (nSPS) is 19.1. The van der Waals surface area contributed by atoms with Crippen LogP contribution in [0.4, 0.5) is 0 Å². The molecule has 0 aromatic rings. The van der Waals surface area contributed by atoms with Crippen molar-refractivity contribution >= 4 is 15.9 Å². The van der Waals surface area contributed by atoms with Gasteiger partial charge in [-0.2, -0.15) is 0 Å². The molecule has 0 bridgehead atoms. The Morgan fingerprint density at radius 2 is 1.93 bits per heavy atom. The highest BCUT2D eigenvalue weighted by Gasteiger charge is 2.19. The molecule has 2 nitrogen and oxygen atoms in total. The number of rotatable bonds is 6. The second-order valence-corrected chi connectivity index (χ2v) is 4.80. The number of ether oxygens (including phenoxy) is 1. The Balaban J connectivity index is 2.30. The summed E-state index contributed by atoms with van der Waals surface area (Å²) >= 11 is 3.53. The molecule has 1 saturated carbocycles. The van der Waals surface area contributed by atoms with Gasteiger partial charge in [0, 0.05) is 31.6 Å². The summed E-state index contributed by atoms with van der Waals surface area (Å²) in [6.07, 6.45) is 7.03. The Kier molecular flexibility index (Phi) is 6.82. The topological polar surface area (TPSA) is 12.5 Å². The van der Waals surface area contributed by atoms with E-state index in [1.165, 1.54) is 32.1 Å². The molecule has 1 aliphatic carbocycles. The molecule has 0 aliphatic heterocycles. The van der Waals surface area contributed by atoms with E-state index in [2.05, 4.69) is 20.8 Å². The van der Waals surface area contributed by atoms with Crippen LogP contribution >= 0.6 is 15.9 Å². The van der Waals surface area contributed by atoms with Crippen molar-refractivity contribution in [1.82, 2.24) is 4.90 Å². The Morgan fingerprint density at radius 3 is 2.50 bits per heavy atom. The predicted octanol–water partition coefficient (Wildman–Crippen LogP) is 2.66. The number of hydrogen-bond donors (Lipinski definition) is 0. The van der Waals surface area contributed by atoms with Crippen molar-refractivity contribution in [2.45, 2.75) is 38.1 Å². The lowest BCUT2D eigenvalue weighted by atomic mass is 9.94. The van der Waals surface area contributed by atoms with Gasteiger partial charge in [0.05, 0.1) is 6.61 Å². The van der Waals surface area contributed by atoms with E-state index in [1.54, 1.807) is 7.11 Å². The van der Waals surface area contributed by atoms with Gasteiger partial charge in [-0.05, 0) is 12.8 Å². The average Bonchev–Trinajstić information content (AvgIpc) is 2.25. The van der Waals surface area contributed by atoms with E-state index in [4.69, 9.17) is 4.74 Å². The van der Waals surface area contributed by atoms with Gasteiger partial charge in [-0.25, -0.2) is 0 Å². The highest BCUT2D eigenvalue weighted by molar-refractivity contribution is 9.09. The molecule has 3 heteroatoms. The van der Waals surface area contributed by atoms with Crippen molar-refractivity contribution in [3.63, 3.8) is 0 Å². The zero-order chi connectivity index (χ0) is 10.2. The van der Waals surface area contributed by atoms with Gasteiger partial charge in [0.15, 0.2) is 0 Å². The van der Waals surface area contributed by atoms with Gasteiger partial charge < -0.3 is 4.74 Å². The highest BCUT2D eigenvalue weighted by Crippen LogP contribution is 2.22. The average molecular weight is 264 g/mol. The highest BCUT2D eigenvalue weighted by atomic mass is 79.9. The maximum absolute atomic E-state index is 5.15. The minimum Gasteiger partial charge on any atom is -0.383 e. The summed E-state index contributed by atoms with van der Waals surface area (Å²) in [7, 11) is 1.78. The SMILES string of the molecule is COCCN(CCBr)C1CCCCC1. The summed E-state index contributed by atoms with van der Waals surface area (Å²) in [5, 5.41) is 1.08. The summed E-state index contributed by atoms with van der Waals surface area (Å²) in [5.74, 6) is 0. The number of alkyl halides is 1. The van der Waals surface area contributed by atoms with E-state index < -0.39 is 0 Å². The molecular formula is C11H22BrNO. The zero-order valence-electron chi connectivity index (χ0n) is 9.17. The third kappa shape index (κ3) is 4.28. The molecule has 0 unspecified atom stereocenters. The van der Waals surface area contributed by atoms with Crippen LogP contribution in [0.2, 0.25) is 0 Å². The van der Waals surface area contributed by atoms with Gasteiger partial charge in [0.25, 0.3) is 0 Å². The second-order valence-electron chi connectivity index (χ2n) is 4.01. The predicted molar refractivity (Wildman–Crippen MR) is 64.1 cm³/mol. The van der Waals surface area contributed by atoms with Crippen LogP contribution in [0.3, 0.4) is 0 Å². The standard InChI is InChI=1S/C11H22BrNO/c1-14-10-9-13(8-7-12)11-5-3-2-4-6-11/h11H,2-10H2,1H3. The van der Waals surface area contributed by atoms with Crippen molar-refractivity contribution in [2.24, 2.45) is 0 Å². The monoisotopic (exact) mass is 263 g/mol. The number of hydrogen-bond acceptors (Lipinski definition) is 2. The van der Waals surface area contributed by atoms with Gasteiger partial charge in [-0.15, -0.1) is 0 Å². The second kappa shape index (κ2) is 7.66. The Labute approximate surface area is 96.1 Å². The van der Waals surface area contributed by atoms with Crippen molar-refractivity contribution in [3.05, 3.63) is 0 Å². The summed E-state index contributed by atoms with van der Waals surface area (Å²) in [6.45, 7) is 3.12. The van der Waals surface area contributed by atoms with E-state index >= 15 is 0 Å². The largest absolute Gasteiger partial charge is 0.383 e. The summed E-state index contributed by atoms with van der Waals surface area (Å²) in [4.78, 5) is 2.58. The van der Waals surface area contributed by atoms with Crippen LogP contribution < -0.4 is 0 Å². The minimum atomic E-state index is 0.816. The zero-order valence-corrected chi connectivity index (χ0v) is 10.8. The maximum atomic E-state index is 5.15. The van der Waals surface area contributed by atoms with E-state index in [-0.39, 0.29) is 0 Å². The van der Waals surface area contributed by atoms with Crippen molar-refractivity contribution in [3.8, 4) is 0 Å². The molecule has 14 heavy (non-hydrogen) atoms. The molecule has 0 atom stereocenters. The third-order valence-electron chi connectivity index (χ3n) is 3.05. The first-order chi connectivity index (χ1) is 6.88. The molecule has 0 saturated heterocycles. The molecule has 84 valence electrons. The van der Waals surface area contributed by atoms with Crippen molar-refractivity contribution < 1.29 is 4.74 Å². The molecule has 1 aliphatic rings. The molecule has 0 N–H and O–H groups in total. The first kappa shape index (κ1) is 12.5. The summed E-state index contributed by atoms with van der Waals surface area (Å²) < 4.78 is 5.15. The van der Waals surface area contributed by atoms with Gasteiger partial charge in [0.1, 0.15) is 0 Å². The smallest absolute Gasteiger partial charge is 0.0589 e. The van der Waals surface area contributed by atoms with Crippen LogP contribution in [0, 0.1) is 0 Å². The van der Waals surface area contributed by atoms with Crippen LogP contribution in [-0.2, 0) is 4.74 Å². The summed E-state index contributed by atoms with van der Waals surface area (Å²) in [5.41, 5.74) is 0. The third-order valence-corrected chi connectivity index (χ3v) is 3.40. The first-order valence-electron chi connectivity index (χ1n) is 5.67. The van der Waals surface area contributed by atoms with E-state index in [0.717, 1.165) is 31.1 Å². The van der Waals surface area contributed by atoms with Gasteiger partial charge in [-0.3, -0.25) is 4.90 Å². The lowest BCUT2D eigenvalue weighted by Crippen LogP contribution is -2.40. The van der Waals surface area contributed by atoms with Crippen LogP contribution in [-0.4, -0.2) is 43.1 Å². The summed E-state index contributed by atoms with van der Waals surface area (Å²) in [6, 6.07) is 0.816. The Hall–Kier alpha value is 0.400. The fraction of sp³-hybridized carbons (Fsp3) is 1.00. The molecule has 0 aromatic heterocycles. The molecule has 0 aromatic carbocycles. The number of methoxy groups -OCH3 is 1. The van der Waals surface area contributed by atoms with Crippen LogP contribution in [0.15, 0.2) is 0 Å². The van der Waals surface area contributed by atoms with E-state index in [1.807, 2.05) is 0 Å². The first-order valence-corrected chi connectivity index (χ1v) is 6.79. The Morgan fingerprint density at radius 1 is 1.21 bits per heavy atom. The molecule has 1 rings (SSSR count). The minimum absolute atomic E-state index is 0.816. The van der Waals surface area contributed by atoms with Crippen LogP contribution in [0.25, 0.3) is 0 Å². The quantitative estimate of drug-likeness (QED) is 0.684. The van der Waals surface area contributed by atoms with E-state index in [9.17, 15) is 0 Å². The molecule has 1 fully saturated rings. The molecule has 0 amide bonds. The number of nitrogens with zero attached hydrogens (tertiary/aromatic N) is 1. The number of halogens is 1.